The Bertz CT molecular complexity index is 3230. The van der Waals surface area contributed by atoms with Crippen molar-refractivity contribution in [2.45, 2.75) is 202 Å². The van der Waals surface area contributed by atoms with Gasteiger partial charge in [-0.3, -0.25) is 19.2 Å². The highest BCUT2D eigenvalue weighted by Gasteiger charge is 2.65. The number of fused-ring (bicyclic) bond motifs is 2. The molecule has 0 amide bonds. The Kier molecular flexibility index (Phi) is 30.9. The summed E-state index contributed by atoms with van der Waals surface area (Å²) >= 11 is 0. The zero-order chi connectivity index (χ0) is 77.6. The number of piperidine rings is 2. The number of nitrogens with two attached hydrogens (primary N) is 6. The van der Waals surface area contributed by atoms with Crippen molar-refractivity contribution in [1.82, 2.24) is 35.3 Å². The van der Waals surface area contributed by atoms with Crippen LogP contribution in [-0.2, 0) is 60.0 Å². The summed E-state index contributed by atoms with van der Waals surface area (Å²) in [4.78, 5) is 46.7. The maximum Gasteiger partial charge on any atom is 0.451 e. The third-order valence-electron chi connectivity index (χ3n) is 22.9. The van der Waals surface area contributed by atoms with Gasteiger partial charge in [0.1, 0.15) is 22.2 Å². The molecule has 3 saturated carbocycles. The van der Waals surface area contributed by atoms with Gasteiger partial charge in [-0.05, 0) is 125 Å². The average Bonchev–Trinajstić information content (AvgIpc) is 1.54. The molecule has 46 heteroatoms. The zero-order valence-corrected chi connectivity index (χ0v) is 62.7. The molecular weight excluding hydrogens is 1440 g/mol. The van der Waals surface area contributed by atoms with Crippen molar-refractivity contribution in [2.24, 2.45) is 87.2 Å². The van der Waals surface area contributed by atoms with Crippen LogP contribution in [0.1, 0.15) is 130 Å². The van der Waals surface area contributed by atoms with E-state index in [1.807, 2.05) is 27.7 Å². The van der Waals surface area contributed by atoms with Gasteiger partial charge >= 0.3 is 52.4 Å². The van der Waals surface area contributed by atoms with Gasteiger partial charge in [-0.25, -0.2) is 0 Å². The summed E-state index contributed by atoms with van der Waals surface area (Å²) < 4.78 is 116. The number of rotatable bonds is 34. The van der Waals surface area contributed by atoms with Crippen molar-refractivity contribution in [1.29, 1.82) is 0 Å². The van der Waals surface area contributed by atoms with Gasteiger partial charge in [0.05, 0.1) is 0 Å². The molecule has 0 aromatic heterocycles. The van der Waals surface area contributed by atoms with Crippen LogP contribution in [0.15, 0.2) is 0 Å². The molecule has 1 unspecified atom stereocenters. The van der Waals surface area contributed by atoms with Gasteiger partial charge in [-0.2, -0.15) is 68.9 Å². The number of nitrogens with one attached hydrogen (secondary N) is 2. The average molecular weight is 1550 g/mol. The van der Waals surface area contributed by atoms with Crippen LogP contribution < -0.4 is 43.8 Å². The summed E-state index contributed by atoms with van der Waals surface area (Å²) in [5.41, 5.74) is 29.0. The molecule has 6 saturated heterocycles. The summed E-state index contributed by atoms with van der Waals surface area (Å²) in [6.45, 7) is 7.36. The van der Waals surface area contributed by atoms with Crippen LogP contribution in [0.25, 0.3) is 0 Å². The van der Waals surface area contributed by atoms with Crippen LogP contribution in [-0.4, -0.2) is 297 Å². The van der Waals surface area contributed by atoms with Gasteiger partial charge in [0.15, 0.2) is 0 Å². The van der Waals surface area contributed by atoms with Crippen molar-refractivity contribution in [3.63, 3.8) is 0 Å². The smallest absolute Gasteiger partial charge is 0.451 e. The van der Waals surface area contributed by atoms with E-state index in [2.05, 4.69) is 9.44 Å². The van der Waals surface area contributed by atoms with E-state index < -0.39 is 151 Å². The van der Waals surface area contributed by atoms with E-state index in [1.54, 1.807) is 4.31 Å². The normalized spacial score (nSPS) is 31.7. The molecule has 9 rings (SSSR count). The summed E-state index contributed by atoms with van der Waals surface area (Å²) in [5, 5.41) is 110. The monoisotopic (exact) mass is 1550 g/mol. The molecule has 26 N–H and O–H groups in total. The first kappa shape index (κ1) is 89.0. The Morgan fingerprint density at radius 2 is 0.718 bits per heavy atom. The number of nitrogens with zero attached hydrogens (tertiary/aromatic N) is 6. The molecule has 3 aliphatic carbocycles. The lowest BCUT2D eigenvalue weighted by Gasteiger charge is -2.47. The van der Waals surface area contributed by atoms with Gasteiger partial charge in [0, 0.05) is 126 Å². The molecule has 0 aromatic carbocycles. The first-order valence-electron chi connectivity index (χ1n) is 35.6. The molecule has 103 heavy (non-hydrogen) atoms. The van der Waals surface area contributed by atoms with Crippen LogP contribution in [0.3, 0.4) is 0 Å². The van der Waals surface area contributed by atoms with Crippen molar-refractivity contribution >= 4 is 93.2 Å². The highest BCUT2D eigenvalue weighted by Crippen LogP contribution is 2.58. The maximum absolute atomic E-state index is 13.2. The van der Waals surface area contributed by atoms with E-state index in [0.29, 0.717) is 68.9 Å². The SMILES string of the molecule is CC(C)[C@@H](CN)NS(=O)(=O)N1C[C@H](CCCB(O)O)[C@](N)(C(=O)O)C1.CC(C)[C@H](CN)NS(=O)(=O)N1C[C@H](CCCB(O)O)[C@](N)(C(=O)O)C1.N[C@@]1(C(=O)O)CN(S(=O)(=O)N2C3C[C@H]3C[C@@H]3C[C@@H]32)C[C@@H]1CCCB(O)O.N[C@@]1(C(=O)O)CN(S(=O)(=O)N2CCC3(CCC3)CC2)C[C@@H]1CCCB(O)O. The Labute approximate surface area is 606 Å². The molecule has 6 aliphatic heterocycles. The third kappa shape index (κ3) is 21.8. The fraction of sp³-hybridized carbons (Fsp3) is 0.930. The van der Waals surface area contributed by atoms with Gasteiger partial charge in [0.2, 0.25) is 0 Å². The highest BCUT2D eigenvalue weighted by atomic mass is 32.2. The summed E-state index contributed by atoms with van der Waals surface area (Å²) in [6.07, 6.45) is 11.2. The van der Waals surface area contributed by atoms with Crippen molar-refractivity contribution in [2.75, 3.05) is 78.5 Å². The lowest BCUT2D eigenvalue weighted by atomic mass is 9.63. The van der Waals surface area contributed by atoms with Crippen LogP contribution in [0, 0.1) is 52.8 Å². The molecular formula is C57H114B4N14O24S4. The van der Waals surface area contributed by atoms with Crippen molar-refractivity contribution in [3.05, 3.63) is 0 Å². The van der Waals surface area contributed by atoms with E-state index >= 15 is 0 Å². The Morgan fingerprint density at radius 3 is 0.971 bits per heavy atom. The van der Waals surface area contributed by atoms with Gasteiger partial charge in [-0.15, -0.1) is 0 Å². The van der Waals surface area contributed by atoms with Crippen LogP contribution in [0.2, 0.25) is 25.3 Å². The number of hydrogen-bond donors (Lipinski definition) is 20. The number of hydrogen-bond acceptors (Lipinski definition) is 26. The predicted molar refractivity (Wildman–Crippen MR) is 380 cm³/mol. The number of carbonyl (C=O) groups is 4. The van der Waals surface area contributed by atoms with E-state index in [0.717, 1.165) is 40.7 Å². The van der Waals surface area contributed by atoms with Crippen LogP contribution in [0.5, 0.6) is 0 Å². The molecule has 6 heterocycles. The predicted octanol–water partition coefficient (Wildman–Crippen LogP) is -6.31. The molecule has 1 spiro atoms. The zero-order valence-electron chi connectivity index (χ0n) is 59.4. The van der Waals surface area contributed by atoms with Gasteiger partial charge in [-0.1, -0.05) is 59.8 Å². The molecule has 38 nitrogen and oxygen atoms in total. The lowest BCUT2D eigenvalue weighted by Crippen LogP contribution is -2.56. The first-order valence-corrected chi connectivity index (χ1v) is 41.3. The molecule has 0 bridgehead atoms. The minimum absolute atomic E-state index is 0.0219. The summed E-state index contributed by atoms with van der Waals surface area (Å²) in [7, 11) is -21.2. The quantitative estimate of drug-likeness (QED) is 0.0267. The van der Waals surface area contributed by atoms with Crippen molar-refractivity contribution in [3.8, 4) is 0 Å². The van der Waals surface area contributed by atoms with Crippen molar-refractivity contribution < 1.29 is 113 Å². The third-order valence-corrected chi connectivity index (χ3v) is 30.0. The fourth-order valence-electron chi connectivity index (χ4n) is 15.5. The number of carboxylic acids is 4. The van der Waals surface area contributed by atoms with E-state index in [1.165, 1.54) is 32.2 Å². The van der Waals surface area contributed by atoms with E-state index in [9.17, 15) is 73.3 Å². The minimum atomic E-state index is -3.93. The minimum Gasteiger partial charge on any atom is -0.480 e. The second-order valence-electron chi connectivity index (χ2n) is 30.9. The number of aliphatic carboxylic acids is 4. The van der Waals surface area contributed by atoms with Crippen LogP contribution in [0.4, 0.5) is 0 Å². The highest BCUT2D eigenvalue weighted by molar-refractivity contribution is 7.87. The Morgan fingerprint density at radius 1 is 0.437 bits per heavy atom. The van der Waals surface area contributed by atoms with E-state index in [4.69, 9.17) is 74.6 Å². The molecule has 14 atom stereocenters. The fourth-order valence-corrected chi connectivity index (χ4v) is 22.8. The standard InChI is InChI=1S/C16H30BN3O6S.C15H26BN3O6S.2C13H29BN4O6S/c18-16(14(21)22)12-20(11-13(16)3-1-8-17(23)24)27(25,26)19-9-6-15(7-10-19)4-2-5-15;17-15(14(20)21)8-18(7-11(15)2-1-3-16(22)23)26(24,25)19-12-5-9(12)4-10-6-13(10)19;2*1-9(2)11(6-15)17-25(23,24)18-7-10(4-3-5-14(21)22)13(16,8-18)12(19)20/h13,23-24H,1-12,18H2,(H,21,22);9-13,22-23H,1-8,17H2,(H,20,21);2*9-11,17,21-22H,3-8,15-16H2,1-2H3,(H,19,20)/t13-,16-;9-,10-,11+,12+,13?,15+;10-,11+,13-;10-,11-,13-/m0100/s1. The molecule has 0 radical (unpaired) electrons. The lowest BCUT2D eigenvalue weighted by molar-refractivity contribution is -0.145. The summed E-state index contributed by atoms with van der Waals surface area (Å²) in [6, 6.07) is -0.787. The van der Waals surface area contributed by atoms with E-state index in [-0.39, 0.29) is 127 Å². The second-order valence-corrected chi connectivity index (χ2v) is 38.0. The Hall–Kier alpha value is -2.94. The second kappa shape index (κ2) is 35.8. The van der Waals surface area contributed by atoms with Gasteiger partial charge < -0.3 is 95.0 Å². The topological polar surface area (TPSA) is 647 Å². The number of carboxylic acid groups (broad SMARTS) is 4. The molecule has 592 valence electrons. The molecule has 0 aromatic rings. The summed E-state index contributed by atoms with van der Waals surface area (Å²) in [5.74, 6) is -6.49. The first-order chi connectivity index (χ1) is 47.6. The largest absolute Gasteiger partial charge is 0.480 e. The maximum atomic E-state index is 13.2. The van der Waals surface area contributed by atoms with Gasteiger partial charge in [0.25, 0.3) is 40.8 Å². The molecule has 9 aliphatic rings. The molecule has 9 fully saturated rings. The van der Waals surface area contributed by atoms with Crippen LogP contribution >= 0.6 is 0 Å². The Balaban J connectivity index is 0.000000216.